The molecule has 0 aliphatic heterocycles. The first kappa shape index (κ1) is 18.5. The van der Waals surface area contributed by atoms with Crippen molar-refractivity contribution in [3.63, 3.8) is 0 Å². The molecule has 0 spiro atoms. The minimum Gasteiger partial charge on any atom is -0.361 e. The van der Waals surface area contributed by atoms with Gasteiger partial charge < -0.3 is 15.6 Å². The fourth-order valence-corrected chi connectivity index (χ4v) is 3.97. The zero-order chi connectivity index (χ0) is 18.5. The van der Waals surface area contributed by atoms with Gasteiger partial charge in [-0.15, -0.1) is 11.3 Å². The van der Waals surface area contributed by atoms with E-state index in [0.29, 0.717) is 0 Å². The minimum atomic E-state index is 0.832. The van der Waals surface area contributed by atoms with Gasteiger partial charge in [-0.1, -0.05) is 18.2 Å². The van der Waals surface area contributed by atoms with Gasteiger partial charge in [0.1, 0.15) is 0 Å². The molecule has 5 nitrogen and oxygen atoms in total. The number of H-pyrrole nitrogens is 1. The first-order valence-corrected chi connectivity index (χ1v) is 9.83. The highest BCUT2D eigenvalue weighted by atomic mass is 32.1. The van der Waals surface area contributed by atoms with E-state index in [9.17, 15) is 0 Å². The van der Waals surface area contributed by atoms with Crippen LogP contribution in [-0.4, -0.2) is 36.1 Å². The van der Waals surface area contributed by atoms with Crippen molar-refractivity contribution in [3.8, 4) is 0 Å². The van der Waals surface area contributed by atoms with Crippen molar-refractivity contribution in [2.45, 2.75) is 33.6 Å². The Bertz CT molecular complexity index is 887. The highest BCUT2D eigenvalue weighted by molar-refractivity contribution is 7.11. The van der Waals surface area contributed by atoms with Gasteiger partial charge >= 0.3 is 0 Å². The van der Waals surface area contributed by atoms with E-state index in [1.807, 2.05) is 7.05 Å². The zero-order valence-corrected chi connectivity index (χ0v) is 16.8. The molecule has 0 unspecified atom stereocenters. The molecular formula is C20H27N5S. The number of hydrogen-bond donors (Lipinski definition) is 3. The molecule has 0 aliphatic carbocycles. The van der Waals surface area contributed by atoms with Gasteiger partial charge in [-0.25, -0.2) is 4.98 Å². The maximum absolute atomic E-state index is 4.58. The Morgan fingerprint density at radius 2 is 1.92 bits per heavy atom. The molecule has 1 aromatic carbocycles. The van der Waals surface area contributed by atoms with Gasteiger partial charge in [-0.2, -0.15) is 0 Å². The molecule has 2 heterocycles. The van der Waals surface area contributed by atoms with Crippen molar-refractivity contribution in [1.29, 1.82) is 0 Å². The summed E-state index contributed by atoms with van der Waals surface area (Å²) in [7, 11) is 1.81. The third kappa shape index (κ3) is 4.25. The quantitative estimate of drug-likeness (QED) is 0.460. The molecule has 0 saturated heterocycles. The van der Waals surface area contributed by atoms with Gasteiger partial charge in [0.15, 0.2) is 5.96 Å². The van der Waals surface area contributed by atoms with Gasteiger partial charge in [-0.05, 0) is 38.3 Å². The van der Waals surface area contributed by atoms with Crippen LogP contribution in [0.25, 0.3) is 10.9 Å². The molecule has 0 amide bonds. The Hall–Kier alpha value is -2.34. The van der Waals surface area contributed by atoms with Crippen LogP contribution in [0.1, 0.15) is 26.7 Å². The number of nitrogens with one attached hydrogen (secondary N) is 3. The lowest BCUT2D eigenvalue weighted by molar-refractivity contribution is 0.782. The number of guanidine groups is 1. The van der Waals surface area contributed by atoms with Crippen molar-refractivity contribution < 1.29 is 0 Å². The Labute approximate surface area is 159 Å². The molecule has 0 aliphatic rings. The number of rotatable bonds is 6. The highest BCUT2D eigenvalue weighted by Crippen LogP contribution is 2.21. The summed E-state index contributed by atoms with van der Waals surface area (Å²) < 4.78 is 0. The van der Waals surface area contributed by atoms with Gasteiger partial charge in [0.2, 0.25) is 0 Å². The molecule has 0 saturated carbocycles. The maximum Gasteiger partial charge on any atom is 0.191 e. The lowest BCUT2D eigenvalue weighted by atomic mass is 10.1. The third-order valence-electron chi connectivity index (χ3n) is 4.62. The molecule has 3 rings (SSSR count). The van der Waals surface area contributed by atoms with Crippen molar-refractivity contribution in [2.24, 2.45) is 4.99 Å². The first-order valence-electron chi connectivity index (χ1n) is 9.01. The Balaban J connectivity index is 1.47. The van der Waals surface area contributed by atoms with Crippen LogP contribution >= 0.6 is 11.3 Å². The molecule has 3 N–H and O–H groups in total. The second-order valence-corrected chi connectivity index (χ2v) is 7.77. The van der Waals surface area contributed by atoms with Crippen LogP contribution in [-0.2, 0) is 12.8 Å². The number of aromatic amines is 1. The second kappa shape index (κ2) is 8.36. The summed E-state index contributed by atoms with van der Waals surface area (Å²) in [6.07, 6.45) is 3.99. The van der Waals surface area contributed by atoms with Gasteiger partial charge in [0.05, 0.1) is 10.7 Å². The van der Waals surface area contributed by atoms with E-state index in [0.717, 1.165) is 37.6 Å². The third-order valence-corrected chi connectivity index (χ3v) is 5.76. The van der Waals surface area contributed by atoms with Crippen LogP contribution in [0.4, 0.5) is 0 Å². The average molecular weight is 370 g/mol. The SMILES string of the molecule is CN=C(NCCc1nc(C)c(C)s1)NCCc1c[nH]c2c(C)cccc12. The predicted octanol–water partition coefficient (Wildman–Crippen LogP) is 3.50. The van der Waals surface area contributed by atoms with Gasteiger partial charge in [0.25, 0.3) is 0 Å². The Morgan fingerprint density at radius 3 is 2.62 bits per heavy atom. The van der Waals surface area contributed by atoms with E-state index >= 15 is 0 Å². The highest BCUT2D eigenvalue weighted by Gasteiger charge is 2.06. The summed E-state index contributed by atoms with van der Waals surface area (Å²) in [6.45, 7) is 8.00. The molecule has 138 valence electrons. The molecule has 0 fully saturated rings. The number of nitrogens with zero attached hydrogens (tertiary/aromatic N) is 2. The van der Waals surface area contributed by atoms with Crippen LogP contribution in [0, 0.1) is 20.8 Å². The largest absolute Gasteiger partial charge is 0.361 e. The van der Waals surface area contributed by atoms with Gasteiger partial charge in [-0.3, -0.25) is 4.99 Å². The monoisotopic (exact) mass is 369 g/mol. The normalized spacial score (nSPS) is 11.9. The molecular weight excluding hydrogens is 342 g/mol. The fourth-order valence-electron chi connectivity index (χ4n) is 3.04. The van der Waals surface area contributed by atoms with Crippen LogP contribution in [0.5, 0.6) is 0 Å². The standard InChI is InChI=1S/C20H27N5S/c1-13-6-5-7-17-16(12-24-19(13)17)8-10-22-20(21-4)23-11-9-18-25-14(2)15(3)26-18/h5-7,12,24H,8-11H2,1-4H3,(H2,21,22,23). The van der Waals surface area contributed by atoms with Crippen LogP contribution in [0.2, 0.25) is 0 Å². The molecule has 0 bridgehead atoms. The smallest absolute Gasteiger partial charge is 0.191 e. The summed E-state index contributed by atoms with van der Waals surface area (Å²) in [5, 5.41) is 9.26. The van der Waals surface area contributed by atoms with Crippen molar-refractivity contribution >= 4 is 28.2 Å². The number of thiazole rings is 1. The fraction of sp³-hybridized carbons (Fsp3) is 0.400. The van der Waals surface area contributed by atoms with Crippen LogP contribution < -0.4 is 10.6 Å². The van der Waals surface area contributed by atoms with Crippen LogP contribution in [0.3, 0.4) is 0 Å². The summed E-state index contributed by atoms with van der Waals surface area (Å²) >= 11 is 1.78. The minimum absolute atomic E-state index is 0.832. The number of aromatic nitrogens is 2. The topological polar surface area (TPSA) is 65.1 Å². The Kier molecular flexibility index (Phi) is 5.93. The number of aliphatic imine (C=N–C) groups is 1. The summed E-state index contributed by atoms with van der Waals surface area (Å²) in [6, 6.07) is 6.43. The number of hydrogen-bond acceptors (Lipinski definition) is 3. The van der Waals surface area contributed by atoms with E-state index in [1.165, 1.54) is 31.9 Å². The van der Waals surface area contributed by atoms with Crippen molar-refractivity contribution in [1.82, 2.24) is 20.6 Å². The second-order valence-electron chi connectivity index (χ2n) is 6.49. The van der Waals surface area contributed by atoms with Crippen molar-refractivity contribution in [2.75, 3.05) is 20.1 Å². The maximum atomic E-state index is 4.58. The average Bonchev–Trinajstić information content (AvgIpc) is 3.18. The lowest BCUT2D eigenvalue weighted by Crippen LogP contribution is -2.39. The summed E-state index contributed by atoms with van der Waals surface area (Å²) in [5.41, 5.74) is 4.99. The number of aryl methyl sites for hydroxylation is 3. The molecule has 3 aromatic rings. The molecule has 2 aromatic heterocycles. The zero-order valence-electron chi connectivity index (χ0n) is 15.9. The van der Waals surface area contributed by atoms with Crippen LogP contribution in [0.15, 0.2) is 29.4 Å². The number of para-hydroxylation sites is 1. The summed E-state index contributed by atoms with van der Waals surface area (Å²) in [4.78, 5) is 13.6. The molecule has 0 atom stereocenters. The number of benzene rings is 1. The summed E-state index contributed by atoms with van der Waals surface area (Å²) in [5.74, 6) is 0.839. The molecule has 26 heavy (non-hydrogen) atoms. The predicted molar refractivity (Wildman–Crippen MR) is 111 cm³/mol. The van der Waals surface area contributed by atoms with E-state index < -0.39 is 0 Å². The van der Waals surface area contributed by atoms with E-state index in [-0.39, 0.29) is 0 Å². The molecule has 0 radical (unpaired) electrons. The Morgan fingerprint density at radius 1 is 1.15 bits per heavy atom. The van der Waals surface area contributed by atoms with Crippen molar-refractivity contribution in [3.05, 3.63) is 51.1 Å². The lowest BCUT2D eigenvalue weighted by Gasteiger charge is -2.11. The number of fused-ring (bicyclic) bond motifs is 1. The van der Waals surface area contributed by atoms with E-state index in [4.69, 9.17) is 0 Å². The first-order chi connectivity index (χ1) is 12.6. The van der Waals surface area contributed by atoms with E-state index in [2.05, 4.69) is 70.8 Å². The van der Waals surface area contributed by atoms with E-state index in [1.54, 1.807) is 11.3 Å². The van der Waals surface area contributed by atoms with Gasteiger partial charge in [0, 0.05) is 48.5 Å². The molecule has 6 heteroatoms.